The molecular formula is C22H20Cl2N2O4. The fourth-order valence-electron chi connectivity index (χ4n) is 4.36. The van der Waals surface area contributed by atoms with Gasteiger partial charge in [-0.2, -0.15) is 0 Å². The summed E-state index contributed by atoms with van der Waals surface area (Å²) in [5.41, 5.74) is 0.794. The molecule has 1 amide bonds. The van der Waals surface area contributed by atoms with Crippen LogP contribution in [0.15, 0.2) is 42.2 Å². The van der Waals surface area contributed by atoms with Gasteiger partial charge in [-0.3, -0.25) is 14.6 Å². The van der Waals surface area contributed by atoms with Gasteiger partial charge < -0.3 is 14.7 Å². The van der Waals surface area contributed by atoms with E-state index in [1.54, 1.807) is 29.4 Å². The Bertz CT molecular complexity index is 1030. The highest BCUT2D eigenvalue weighted by molar-refractivity contribution is 6.47. The van der Waals surface area contributed by atoms with E-state index in [1.165, 1.54) is 19.2 Å². The van der Waals surface area contributed by atoms with Crippen molar-refractivity contribution in [1.29, 1.82) is 0 Å². The van der Waals surface area contributed by atoms with Gasteiger partial charge in [0, 0.05) is 23.5 Å². The number of nitrogens with zero attached hydrogens (tertiary/aromatic N) is 2. The van der Waals surface area contributed by atoms with Crippen LogP contribution < -0.4 is 4.74 Å². The molecule has 2 aromatic rings. The van der Waals surface area contributed by atoms with E-state index in [-0.39, 0.29) is 38.7 Å². The van der Waals surface area contributed by atoms with Crippen LogP contribution in [-0.4, -0.2) is 39.8 Å². The Morgan fingerprint density at radius 1 is 1.23 bits per heavy atom. The molecule has 2 fully saturated rings. The number of carbonyl (C=O) groups excluding carboxylic acids is 2. The third-order valence-corrected chi connectivity index (χ3v) is 6.16. The summed E-state index contributed by atoms with van der Waals surface area (Å²) in [6.07, 6.45) is 6.83. The quantitative estimate of drug-likeness (QED) is 0.415. The van der Waals surface area contributed by atoms with Crippen LogP contribution in [0.4, 0.5) is 0 Å². The fourth-order valence-corrected chi connectivity index (χ4v) is 4.93. The van der Waals surface area contributed by atoms with Gasteiger partial charge in [-0.15, -0.1) is 0 Å². The minimum atomic E-state index is -0.746. The number of likely N-dealkylation sites (tertiary alicyclic amines) is 1. The number of methoxy groups -OCH3 is 1. The molecule has 1 unspecified atom stereocenters. The smallest absolute Gasteiger partial charge is 0.295 e. The summed E-state index contributed by atoms with van der Waals surface area (Å²) >= 11 is 12.4. The van der Waals surface area contributed by atoms with Crippen molar-refractivity contribution in [2.45, 2.75) is 37.8 Å². The molecule has 0 spiro atoms. The van der Waals surface area contributed by atoms with Crippen molar-refractivity contribution < 1.29 is 19.4 Å². The third-order valence-electron chi connectivity index (χ3n) is 5.67. The SMILES string of the molecule is COc1c(Cl)cc(Cl)cc1/C(O)=C1\C(=O)C(=O)N(C2CCCC2)C1c1cccnc1. The predicted octanol–water partition coefficient (Wildman–Crippen LogP) is 4.76. The van der Waals surface area contributed by atoms with Gasteiger partial charge in [0.05, 0.1) is 29.3 Å². The molecular weight excluding hydrogens is 427 g/mol. The first-order valence-corrected chi connectivity index (χ1v) is 10.4. The number of Topliss-reactive ketones (excluding diaryl/α,β-unsaturated/α-hetero) is 1. The van der Waals surface area contributed by atoms with E-state index >= 15 is 0 Å². The highest BCUT2D eigenvalue weighted by Crippen LogP contribution is 2.45. The molecule has 1 aromatic heterocycles. The number of halogens is 2. The van der Waals surface area contributed by atoms with Crippen LogP contribution in [0.3, 0.4) is 0 Å². The largest absolute Gasteiger partial charge is 0.507 e. The molecule has 2 aliphatic rings. The summed E-state index contributed by atoms with van der Waals surface area (Å²) < 4.78 is 5.33. The molecule has 1 saturated heterocycles. The summed E-state index contributed by atoms with van der Waals surface area (Å²) in [5, 5.41) is 11.7. The summed E-state index contributed by atoms with van der Waals surface area (Å²) in [5.74, 6) is -1.56. The Morgan fingerprint density at radius 3 is 2.60 bits per heavy atom. The number of pyridine rings is 1. The number of rotatable bonds is 4. The molecule has 1 saturated carbocycles. The van der Waals surface area contributed by atoms with Crippen molar-refractivity contribution in [1.82, 2.24) is 9.88 Å². The van der Waals surface area contributed by atoms with Crippen LogP contribution in [0, 0.1) is 0 Å². The van der Waals surface area contributed by atoms with Crippen LogP contribution in [0.5, 0.6) is 5.75 Å². The standard InChI is InChI=1S/C22H20Cl2N2O4/c1-30-21-15(9-13(23)10-16(21)24)19(27)17-18(12-5-4-8-25-11-12)26(22(29)20(17)28)14-6-2-3-7-14/h4-5,8-11,14,18,27H,2-3,6-7H2,1H3/b19-17+. The van der Waals surface area contributed by atoms with E-state index in [0.29, 0.717) is 5.56 Å². The number of amides is 1. The first-order chi connectivity index (χ1) is 14.4. The Kier molecular flexibility index (Phi) is 5.71. The molecule has 0 radical (unpaired) electrons. The highest BCUT2D eigenvalue weighted by atomic mass is 35.5. The van der Waals surface area contributed by atoms with Crippen molar-refractivity contribution in [3.63, 3.8) is 0 Å². The van der Waals surface area contributed by atoms with Gasteiger partial charge in [0.25, 0.3) is 11.7 Å². The average molecular weight is 447 g/mol. The van der Waals surface area contributed by atoms with Crippen molar-refractivity contribution in [2.75, 3.05) is 7.11 Å². The first kappa shape index (κ1) is 20.7. The normalized spacial score (nSPS) is 21.4. The lowest BCUT2D eigenvalue weighted by molar-refractivity contribution is -0.141. The van der Waals surface area contributed by atoms with Crippen LogP contribution in [0.25, 0.3) is 5.76 Å². The summed E-state index contributed by atoms with van der Waals surface area (Å²) in [7, 11) is 1.40. The number of hydrogen-bond donors (Lipinski definition) is 1. The average Bonchev–Trinajstić information content (AvgIpc) is 3.35. The van der Waals surface area contributed by atoms with Gasteiger partial charge in [0.15, 0.2) is 0 Å². The number of aliphatic hydroxyl groups is 1. The van der Waals surface area contributed by atoms with E-state index < -0.39 is 17.7 Å². The molecule has 0 bridgehead atoms. The monoisotopic (exact) mass is 446 g/mol. The number of ketones is 1. The number of aromatic nitrogens is 1. The molecule has 1 N–H and O–H groups in total. The van der Waals surface area contributed by atoms with Crippen LogP contribution in [-0.2, 0) is 9.59 Å². The van der Waals surface area contributed by atoms with Crippen LogP contribution in [0.1, 0.15) is 42.9 Å². The maximum absolute atomic E-state index is 13.1. The number of carbonyl (C=O) groups is 2. The van der Waals surface area contributed by atoms with Crippen LogP contribution in [0.2, 0.25) is 10.0 Å². The van der Waals surface area contributed by atoms with Crippen molar-refractivity contribution in [2.24, 2.45) is 0 Å². The molecule has 30 heavy (non-hydrogen) atoms. The summed E-state index contributed by atoms with van der Waals surface area (Å²) in [4.78, 5) is 31.9. The van der Waals surface area contributed by atoms with E-state index in [0.717, 1.165) is 25.7 Å². The predicted molar refractivity (Wildman–Crippen MR) is 114 cm³/mol. The maximum atomic E-state index is 13.1. The molecule has 1 aliphatic carbocycles. The lowest BCUT2D eigenvalue weighted by Crippen LogP contribution is -2.37. The minimum absolute atomic E-state index is 0.0171. The topological polar surface area (TPSA) is 79.7 Å². The molecule has 4 rings (SSSR count). The van der Waals surface area contributed by atoms with E-state index in [1.807, 2.05) is 0 Å². The van der Waals surface area contributed by atoms with Crippen molar-refractivity contribution in [3.8, 4) is 5.75 Å². The Hall–Kier alpha value is -2.57. The van der Waals surface area contributed by atoms with Gasteiger partial charge >= 0.3 is 0 Å². The summed E-state index contributed by atoms with van der Waals surface area (Å²) in [6, 6.07) is 5.66. The second-order valence-electron chi connectivity index (χ2n) is 7.40. The molecule has 6 nitrogen and oxygen atoms in total. The molecule has 156 valence electrons. The van der Waals surface area contributed by atoms with Crippen molar-refractivity contribution in [3.05, 3.63) is 63.4 Å². The zero-order valence-electron chi connectivity index (χ0n) is 16.3. The summed E-state index contributed by atoms with van der Waals surface area (Å²) in [6.45, 7) is 0. The number of benzene rings is 1. The van der Waals surface area contributed by atoms with E-state index in [9.17, 15) is 14.7 Å². The maximum Gasteiger partial charge on any atom is 0.295 e. The highest BCUT2D eigenvalue weighted by Gasteiger charge is 2.49. The molecule has 2 heterocycles. The minimum Gasteiger partial charge on any atom is -0.507 e. The van der Waals surface area contributed by atoms with E-state index in [2.05, 4.69) is 4.98 Å². The number of aliphatic hydroxyl groups excluding tert-OH is 1. The van der Waals surface area contributed by atoms with Gasteiger partial charge in [-0.1, -0.05) is 42.1 Å². The zero-order chi connectivity index (χ0) is 21.4. The lowest BCUT2D eigenvalue weighted by Gasteiger charge is -2.30. The number of ether oxygens (including phenoxy) is 1. The van der Waals surface area contributed by atoms with Gasteiger partial charge in [-0.25, -0.2) is 0 Å². The second-order valence-corrected chi connectivity index (χ2v) is 8.24. The lowest BCUT2D eigenvalue weighted by atomic mass is 9.95. The Labute approximate surface area is 184 Å². The van der Waals surface area contributed by atoms with E-state index in [4.69, 9.17) is 27.9 Å². The number of hydrogen-bond acceptors (Lipinski definition) is 5. The Morgan fingerprint density at radius 2 is 1.97 bits per heavy atom. The molecule has 1 aromatic carbocycles. The molecule has 1 aliphatic heterocycles. The molecule has 1 atom stereocenters. The Balaban J connectivity index is 1.95. The molecule has 8 heteroatoms. The van der Waals surface area contributed by atoms with Gasteiger partial charge in [-0.05, 0) is 36.6 Å². The third kappa shape index (κ3) is 3.44. The second kappa shape index (κ2) is 8.28. The van der Waals surface area contributed by atoms with Gasteiger partial charge in [0.1, 0.15) is 11.5 Å². The van der Waals surface area contributed by atoms with Crippen molar-refractivity contribution >= 4 is 40.7 Å². The van der Waals surface area contributed by atoms with Crippen LogP contribution >= 0.6 is 23.2 Å². The zero-order valence-corrected chi connectivity index (χ0v) is 17.8. The van der Waals surface area contributed by atoms with Gasteiger partial charge in [0.2, 0.25) is 0 Å². The first-order valence-electron chi connectivity index (χ1n) is 9.67. The fraction of sp³-hybridized carbons (Fsp3) is 0.318.